The highest BCUT2D eigenvalue weighted by Gasteiger charge is 2.24. The molecule has 2 N–H and O–H groups in total. The van der Waals surface area contributed by atoms with Gasteiger partial charge in [0, 0.05) is 12.5 Å². The summed E-state index contributed by atoms with van der Waals surface area (Å²) in [5.41, 5.74) is 0. The Morgan fingerprint density at radius 3 is 2.67 bits per heavy atom. The molecular formula is C9H18N2O. The molecule has 1 amide bonds. The van der Waals surface area contributed by atoms with Gasteiger partial charge < -0.3 is 10.6 Å². The van der Waals surface area contributed by atoms with E-state index in [1.165, 1.54) is 6.42 Å². The molecule has 0 aliphatic heterocycles. The van der Waals surface area contributed by atoms with Gasteiger partial charge >= 0.3 is 0 Å². The third-order valence-corrected chi connectivity index (χ3v) is 2.38. The van der Waals surface area contributed by atoms with E-state index in [2.05, 4.69) is 10.6 Å². The normalized spacial score (nSPS) is 17.1. The number of rotatable bonds is 5. The summed E-state index contributed by atoms with van der Waals surface area (Å²) in [4.78, 5) is 11.3. The maximum Gasteiger partial charge on any atom is 0.223 e. The number of hydrogen-bond acceptors (Lipinski definition) is 2. The third-order valence-electron chi connectivity index (χ3n) is 2.38. The summed E-state index contributed by atoms with van der Waals surface area (Å²) in [6, 6.07) is 0. The quantitative estimate of drug-likeness (QED) is 0.590. The number of carbonyl (C=O) groups excluding carboxylic acids is 1. The fourth-order valence-electron chi connectivity index (χ4n) is 1.29. The van der Waals surface area contributed by atoms with Crippen LogP contribution in [0.3, 0.4) is 0 Å². The fraction of sp³-hybridized carbons (Fsp3) is 0.889. The van der Waals surface area contributed by atoms with Gasteiger partial charge in [-0.25, -0.2) is 0 Å². The minimum absolute atomic E-state index is 0.261. The van der Waals surface area contributed by atoms with Crippen molar-refractivity contribution in [3.8, 4) is 0 Å². The van der Waals surface area contributed by atoms with Crippen molar-refractivity contribution in [2.75, 3.05) is 20.1 Å². The standard InChI is InChI=1S/C9H18N2O/c1-10-6-3-7-11-9(12)8-4-2-5-8/h8,10H,2-7H2,1H3,(H,11,12). The maximum absolute atomic E-state index is 11.3. The summed E-state index contributed by atoms with van der Waals surface area (Å²) in [5.74, 6) is 0.594. The highest BCUT2D eigenvalue weighted by Crippen LogP contribution is 2.25. The SMILES string of the molecule is CNCCCNC(=O)C1CCC1. The fourth-order valence-corrected chi connectivity index (χ4v) is 1.29. The molecule has 70 valence electrons. The van der Waals surface area contributed by atoms with Gasteiger partial charge in [-0.2, -0.15) is 0 Å². The van der Waals surface area contributed by atoms with Gasteiger partial charge in [0.1, 0.15) is 0 Å². The highest BCUT2D eigenvalue weighted by atomic mass is 16.1. The van der Waals surface area contributed by atoms with E-state index in [1.54, 1.807) is 0 Å². The van der Waals surface area contributed by atoms with Crippen molar-refractivity contribution in [3.63, 3.8) is 0 Å². The second-order valence-corrected chi connectivity index (χ2v) is 3.38. The molecule has 1 saturated carbocycles. The van der Waals surface area contributed by atoms with Crippen molar-refractivity contribution < 1.29 is 4.79 Å². The monoisotopic (exact) mass is 170 g/mol. The predicted molar refractivity (Wildman–Crippen MR) is 48.9 cm³/mol. The summed E-state index contributed by atoms with van der Waals surface area (Å²) in [6.45, 7) is 1.79. The molecule has 0 aromatic rings. The van der Waals surface area contributed by atoms with Gasteiger partial charge in [0.2, 0.25) is 5.91 Å². The molecule has 1 rings (SSSR count). The Kier molecular flexibility index (Phi) is 4.08. The zero-order chi connectivity index (χ0) is 8.81. The third kappa shape index (κ3) is 2.81. The molecule has 0 spiro atoms. The molecule has 1 fully saturated rings. The van der Waals surface area contributed by atoms with Crippen LogP contribution in [0.2, 0.25) is 0 Å². The first-order valence-electron chi connectivity index (χ1n) is 4.77. The van der Waals surface area contributed by atoms with Crippen LogP contribution < -0.4 is 10.6 Å². The average Bonchev–Trinajstić information content (AvgIpc) is 1.95. The number of carbonyl (C=O) groups is 1. The van der Waals surface area contributed by atoms with Crippen molar-refractivity contribution >= 4 is 5.91 Å². The number of nitrogens with one attached hydrogen (secondary N) is 2. The Bertz CT molecular complexity index is 143. The molecule has 0 heterocycles. The second-order valence-electron chi connectivity index (χ2n) is 3.38. The Balaban J connectivity index is 1.94. The van der Waals surface area contributed by atoms with Crippen LogP contribution in [-0.2, 0) is 4.79 Å². The van der Waals surface area contributed by atoms with Gasteiger partial charge in [0.25, 0.3) is 0 Å². The highest BCUT2D eigenvalue weighted by molar-refractivity contribution is 5.79. The first-order valence-corrected chi connectivity index (χ1v) is 4.77. The molecule has 1 aliphatic rings. The summed E-state index contributed by atoms with van der Waals surface area (Å²) in [7, 11) is 1.92. The van der Waals surface area contributed by atoms with E-state index in [0.29, 0.717) is 5.92 Å². The smallest absolute Gasteiger partial charge is 0.223 e. The van der Waals surface area contributed by atoms with Gasteiger partial charge in [-0.15, -0.1) is 0 Å². The van der Waals surface area contributed by atoms with Gasteiger partial charge in [-0.05, 0) is 32.9 Å². The Hall–Kier alpha value is -0.570. The van der Waals surface area contributed by atoms with Gasteiger partial charge in [0.15, 0.2) is 0 Å². The maximum atomic E-state index is 11.3. The van der Waals surface area contributed by atoms with E-state index in [4.69, 9.17) is 0 Å². The summed E-state index contributed by atoms with van der Waals surface area (Å²) < 4.78 is 0. The average molecular weight is 170 g/mol. The molecule has 3 heteroatoms. The molecule has 0 bridgehead atoms. The molecule has 12 heavy (non-hydrogen) atoms. The summed E-state index contributed by atoms with van der Waals surface area (Å²) >= 11 is 0. The lowest BCUT2D eigenvalue weighted by molar-refractivity contribution is -0.127. The van der Waals surface area contributed by atoms with Gasteiger partial charge in [0.05, 0.1) is 0 Å². The molecule has 0 saturated heterocycles. The second kappa shape index (κ2) is 5.14. The van der Waals surface area contributed by atoms with Crippen molar-refractivity contribution in [1.29, 1.82) is 0 Å². The van der Waals surface area contributed by atoms with E-state index in [1.807, 2.05) is 7.05 Å². The van der Waals surface area contributed by atoms with Crippen LogP contribution in [0.1, 0.15) is 25.7 Å². The van der Waals surface area contributed by atoms with Crippen LogP contribution in [0.4, 0.5) is 0 Å². The van der Waals surface area contributed by atoms with E-state index in [-0.39, 0.29) is 5.91 Å². The molecule has 0 aromatic heterocycles. The van der Waals surface area contributed by atoms with Crippen LogP contribution in [0.15, 0.2) is 0 Å². The minimum atomic E-state index is 0.261. The molecule has 0 aromatic carbocycles. The van der Waals surface area contributed by atoms with Crippen LogP contribution >= 0.6 is 0 Å². The zero-order valence-electron chi connectivity index (χ0n) is 7.73. The van der Waals surface area contributed by atoms with Crippen LogP contribution in [0, 0.1) is 5.92 Å². The summed E-state index contributed by atoms with van der Waals surface area (Å²) in [5, 5.41) is 5.99. The van der Waals surface area contributed by atoms with Gasteiger partial charge in [-0.3, -0.25) is 4.79 Å². The molecular weight excluding hydrogens is 152 g/mol. The first-order chi connectivity index (χ1) is 5.84. The lowest BCUT2D eigenvalue weighted by Gasteiger charge is -2.23. The number of hydrogen-bond donors (Lipinski definition) is 2. The van der Waals surface area contributed by atoms with Crippen molar-refractivity contribution in [2.24, 2.45) is 5.92 Å². The van der Waals surface area contributed by atoms with Gasteiger partial charge in [-0.1, -0.05) is 6.42 Å². The topological polar surface area (TPSA) is 41.1 Å². The molecule has 0 radical (unpaired) electrons. The van der Waals surface area contributed by atoms with Crippen LogP contribution in [0.5, 0.6) is 0 Å². The molecule has 1 aliphatic carbocycles. The summed E-state index contributed by atoms with van der Waals surface area (Å²) in [6.07, 6.45) is 4.44. The lowest BCUT2D eigenvalue weighted by atomic mass is 9.85. The van der Waals surface area contributed by atoms with E-state index >= 15 is 0 Å². The molecule has 0 atom stereocenters. The zero-order valence-corrected chi connectivity index (χ0v) is 7.73. The molecule has 3 nitrogen and oxygen atoms in total. The van der Waals surface area contributed by atoms with E-state index in [9.17, 15) is 4.79 Å². The minimum Gasteiger partial charge on any atom is -0.356 e. The van der Waals surface area contributed by atoms with Crippen molar-refractivity contribution in [2.45, 2.75) is 25.7 Å². The van der Waals surface area contributed by atoms with E-state index in [0.717, 1.165) is 32.4 Å². The Morgan fingerprint density at radius 2 is 2.17 bits per heavy atom. The molecule has 0 unspecified atom stereocenters. The lowest BCUT2D eigenvalue weighted by Crippen LogP contribution is -2.35. The van der Waals surface area contributed by atoms with Crippen LogP contribution in [-0.4, -0.2) is 26.0 Å². The predicted octanol–water partition coefficient (Wildman–Crippen LogP) is 0.512. The van der Waals surface area contributed by atoms with E-state index < -0.39 is 0 Å². The Morgan fingerprint density at radius 1 is 1.42 bits per heavy atom. The first kappa shape index (κ1) is 9.52. The van der Waals surface area contributed by atoms with Crippen molar-refractivity contribution in [3.05, 3.63) is 0 Å². The van der Waals surface area contributed by atoms with Crippen LogP contribution in [0.25, 0.3) is 0 Å². The Labute approximate surface area is 73.9 Å². The van der Waals surface area contributed by atoms with Crippen molar-refractivity contribution in [1.82, 2.24) is 10.6 Å². The number of amides is 1. The largest absolute Gasteiger partial charge is 0.356 e.